The zero-order valence-corrected chi connectivity index (χ0v) is 10.9. The van der Waals surface area contributed by atoms with Crippen LogP contribution in [0.1, 0.15) is 16.8 Å². The van der Waals surface area contributed by atoms with Gasteiger partial charge in [0.25, 0.3) is 0 Å². The number of fused-ring (bicyclic) bond motifs is 1. The fraction of sp³-hybridized carbons (Fsp3) is 0.286. The molecule has 0 saturated heterocycles. The van der Waals surface area contributed by atoms with Crippen LogP contribution in [0.4, 0.5) is 11.8 Å². The summed E-state index contributed by atoms with van der Waals surface area (Å²) in [5.74, 6) is 6.83. The van der Waals surface area contributed by atoms with E-state index >= 15 is 0 Å². The Hall–Kier alpha value is -2.14. The van der Waals surface area contributed by atoms with Gasteiger partial charge in [0.05, 0.1) is 0 Å². The Bertz CT molecular complexity index is 596. The van der Waals surface area contributed by atoms with Gasteiger partial charge in [-0.2, -0.15) is 4.98 Å². The predicted molar refractivity (Wildman–Crippen MR) is 75.8 cm³/mol. The van der Waals surface area contributed by atoms with Crippen LogP contribution in [-0.2, 0) is 13.0 Å². The van der Waals surface area contributed by atoms with Gasteiger partial charge in [0, 0.05) is 24.8 Å². The Morgan fingerprint density at radius 3 is 2.79 bits per heavy atom. The van der Waals surface area contributed by atoms with Crippen molar-refractivity contribution in [1.82, 2.24) is 9.97 Å². The molecule has 0 aliphatic carbocycles. The molecule has 19 heavy (non-hydrogen) atoms. The van der Waals surface area contributed by atoms with Gasteiger partial charge >= 0.3 is 0 Å². The van der Waals surface area contributed by atoms with Crippen molar-refractivity contribution in [1.29, 1.82) is 0 Å². The topological polar surface area (TPSA) is 67.1 Å². The molecular weight excluding hydrogens is 238 g/mol. The van der Waals surface area contributed by atoms with Crippen LogP contribution in [0.25, 0.3) is 0 Å². The van der Waals surface area contributed by atoms with Crippen molar-refractivity contribution in [2.24, 2.45) is 5.84 Å². The van der Waals surface area contributed by atoms with Crippen molar-refractivity contribution in [2.75, 3.05) is 16.9 Å². The van der Waals surface area contributed by atoms with Crippen molar-refractivity contribution in [3.8, 4) is 0 Å². The Kier molecular flexibility index (Phi) is 3.05. The van der Waals surface area contributed by atoms with Crippen molar-refractivity contribution < 1.29 is 0 Å². The standard InChI is InChI=1S/C14H17N5/c1-10-8-13(18-15)17-14(16-10)19-7-6-11-4-2-3-5-12(11)9-19/h2-5,8H,6-7,9,15H2,1H3,(H,16,17,18). The van der Waals surface area contributed by atoms with E-state index in [-0.39, 0.29) is 0 Å². The minimum Gasteiger partial charge on any atom is -0.336 e. The van der Waals surface area contributed by atoms with Gasteiger partial charge in [-0.15, -0.1) is 0 Å². The lowest BCUT2D eigenvalue weighted by Gasteiger charge is -2.29. The highest BCUT2D eigenvalue weighted by Crippen LogP contribution is 2.22. The van der Waals surface area contributed by atoms with Crippen LogP contribution in [0.5, 0.6) is 0 Å². The molecule has 3 rings (SSSR count). The van der Waals surface area contributed by atoms with Crippen molar-refractivity contribution in [3.05, 3.63) is 47.2 Å². The molecule has 0 saturated carbocycles. The third-order valence-corrected chi connectivity index (χ3v) is 3.40. The number of nitrogens with zero attached hydrogens (tertiary/aromatic N) is 3. The van der Waals surface area contributed by atoms with Crippen LogP contribution >= 0.6 is 0 Å². The Balaban J connectivity index is 1.90. The number of nitrogen functional groups attached to an aromatic ring is 1. The zero-order valence-electron chi connectivity index (χ0n) is 10.9. The molecule has 0 radical (unpaired) electrons. The summed E-state index contributed by atoms with van der Waals surface area (Å²) < 4.78 is 0. The number of aromatic nitrogens is 2. The van der Waals surface area contributed by atoms with E-state index in [4.69, 9.17) is 5.84 Å². The highest BCUT2D eigenvalue weighted by atomic mass is 15.3. The number of nitrogens with two attached hydrogens (primary N) is 1. The van der Waals surface area contributed by atoms with Crippen LogP contribution in [0.15, 0.2) is 30.3 Å². The summed E-state index contributed by atoms with van der Waals surface area (Å²) in [7, 11) is 0. The van der Waals surface area contributed by atoms with Gasteiger partial charge < -0.3 is 10.3 Å². The summed E-state index contributed by atoms with van der Waals surface area (Å²) in [5, 5.41) is 0. The molecule has 5 heteroatoms. The molecule has 1 aromatic carbocycles. The Morgan fingerprint density at radius 2 is 2.00 bits per heavy atom. The average molecular weight is 255 g/mol. The molecule has 3 N–H and O–H groups in total. The van der Waals surface area contributed by atoms with Crippen LogP contribution in [0.3, 0.4) is 0 Å². The molecule has 0 atom stereocenters. The summed E-state index contributed by atoms with van der Waals surface area (Å²) in [6, 6.07) is 10.4. The third kappa shape index (κ3) is 2.37. The summed E-state index contributed by atoms with van der Waals surface area (Å²) >= 11 is 0. The smallest absolute Gasteiger partial charge is 0.227 e. The van der Waals surface area contributed by atoms with Crippen LogP contribution in [0.2, 0.25) is 0 Å². The van der Waals surface area contributed by atoms with Gasteiger partial charge in [-0.25, -0.2) is 10.8 Å². The minimum atomic E-state index is 0.654. The van der Waals surface area contributed by atoms with E-state index in [9.17, 15) is 0 Å². The third-order valence-electron chi connectivity index (χ3n) is 3.40. The molecule has 98 valence electrons. The first kappa shape index (κ1) is 11.9. The van der Waals surface area contributed by atoms with Gasteiger partial charge in [-0.1, -0.05) is 24.3 Å². The van der Waals surface area contributed by atoms with Gasteiger partial charge in [-0.3, -0.25) is 0 Å². The molecule has 0 spiro atoms. The molecule has 2 heterocycles. The molecule has 0 amide bonds. The SMILES string of the molecule is Cc1cc(NN)nc(N2CCc3ccccc3C2)n1. The number of benzene rings is 1. The van der Waals surface area contributed by atoms with E-state index < -0.39 is 0 Å². The summed E-state index contributed by atoms with van der Waals surface area (Å²) in [6.07, 6.45) is 1.03. The number of hydrazine groups is 1. The van der Waals surface area contributed by atoms with E-state index in [1.165, 1.54) is 11.1 Å². The zero-order chi connectivity index (χ0) is 13.2. The largest absolute Gasteiger partial charge is 0.336 e. The van der Waals surface area contributed by atoms with Crippen LogP contribution in [0, 0.1) is 6.92 Å². The molecular formula is C14H17N5. The van der Waals surface area contributed by atoms with Crippen LogP contribution < -0.4 is 16.2 Å². The van der Waals surface area contributed by atoms with Gasteiger partial charge in [0.15, 0.2) is 0 Å². The lowest BCUT2D eigenvalue weighted by Crippen LogP contribution is -2.32. The maximum Gasteiger partial charge on any atom is 0.227 e. The van der Waals surface area contributed by atoms with Crippen molar-refractivity contribution >= 4 is 11.8 Å². The first-order chi connectivity index (χ1) is 9.26. The van der Waals surface area contributed by atoms with E-state index in [1.54, 1.807) is 0 Å². The predicted octanol–water partition coefficient (Wildman–Crippen LogP) is 1.63. The van der Waals surface area contributed by atoms with E-state index in [1.807, 2.05) is 13.0 Å². The first-order valence-corrected chi connectivity index (χ1v) is 6.40. The quantitative estimate of drug-likeness (QED) is 0.630. The van der Waals surface area contributed by atoms with E-state index in [0.29, 0.717) is 5.82 Å². The van der Waals surface area contributed by atoms with E-state index in [0.717, 1.165) is 31.2 Å². The lowest BCUT2D eigenvalue weighted by molar-refractivity contribution is 0.706. The molecule has 0 unspecified atom stereocenters. The molecule has 0 fully saturated rings. The Morgan fingerprint density at radius 1 is 1.21 bits per heavy atom. The molecule has 1 aliphatic rings. The van der Waals surface area contributed by atoms with Crippen molar-refractivity contribution in [2.45, 2.75) is 19.9 Å². The molecule has 0 bridgehead atoms. The Labute approximate surface area is 112 Å². The summed E-state index contributed by atoms with van der Waals surface area (Å²) in [4.78, 5) is 11.1. The lowest BCUT2D eigenvalue weighted by atomic mass is 10.0. The second kappa shape index (κ2) is 4.85. The number of anilines is 2. The average Bonchev–Trinajstić information content (AvgIpc) is 2.46. The van der Waals surface area contributed by atoms with Crippen molar-refractivity contribution in [3.63, 3.8) is 0 Å². The minimum absolute atomic E-state index is 0.654. The van der Waals surface area contributed by atoms with Gasteiger partial charge in [-0.05, 0) is 24.5 Å². The number of hydrogen-bond donors (Lipinski definition) is 2. The number of rotatable bonds is 2. The summed E-state index contributed by atoms with van der Waals surface area (Å²) in [6.45, 7) is 3.73. The second-order valence-corrected chi connectivity index (χ2v) is 4.78. The molecule has 5 nitrogen and oxygen atoms in total. The molecule has 1 aromatic heterocycles. The monoisotopic (exact) mass is 255 g/mol. The van der Waals surface area contributed by atoms with E-state index in [2.05, 4.69) is 44.6 Å². The number of nitrogens with one attached hydrogen (secondary N) is 1. The second-order valence-electron chi connectivity index (χ2n) is 4.78. The number of aryl methyl sites for hydroxylation is 1. The van der Waals surface area contributed by atoms with Gasteiger partial charge in [0.1, 0.15) is 5.82 Å². The highest BCUT2D eigenvalue weighted by Gasteiger charge is 2.18. The maximum absolute atomic E-state index is 5.43. The summed E-state index contributed by atoms with van der Waals surface area (Å²) in [5.41, 5.74) is 6.27. The maximum atomic E-state index is 5.43. The first-order valence-electron chi connectivity index (χ1n) is 6.40. The fourth-order valence-electron chi connectivity index (χ4n) is 2.43. The number of hydrogen-bond acceptors (Lipinski definition) is 5. The molecule has 1 aliphatic heterocycles. The fourth-order valence-corrected chi connectivity index (χ4v) is 2.43. The van der Waals surface area contributed by atoms with Gasteiger partial charge in [0.2, 0.25) is 5.95 Å². The molecule has 2 aromatic rings. The normalized spacial score (nSPS) is 14.1. The van der Waals surface area contributed by atoms with Crippen LogP contribution in [-0.4, -0.2) is 16.5 Å². The highest BCUT2D eigenvalue weighted by molar-refractivity contribution is 5.45.